The summed E-state index contributed by atoms with van der Waals surface area (Å²) in [6.07, 6.45) is -0.318. The zero-order chi connectivity index (χ0) is 18.1. The molecule has 0 aliphatic carbocycles. The van der Waals surface area contributed by atoms with E-state index in [-0.39, 0.29) is 25.0 Å². The number of alkyl halides is 1. The van der Waals surface area contributed by atoms with Crippen molar-refractivity contribution in [3.8, 4) is 0 Å². The van der Waals surface area contributed by atoms with Gasteiger partial charge in [0.25, 0.3) is 0 Å². The number of nitrogens with zero attached hydrogens (tertiary/aromatic N) is 3. The fraction of sp³-hybridized carbons (Fsp3) is 0.579. The molecule has 0 radical (unpaired) electrons. The highest BCUT2D eigenvalue weighted by atomic mass is 19.1. The highest BCUT2D eigenvalue weighted by molar-refractivity contribution is 5.79. The molecule has 7 heteroatoms. The van der Waals surface area contributed by atoms with Crippen molar-refractivity contribution in [2.75, 3.05) is 26.3 Å². The Morgan fingerprint density at radius 1 is 1.31 bits per heavy atom. The van der Waals surface area contributed by atoms with Crippen LogP contribution in [0.5, 0.6) is 0 Å². The van der Waals surface area contributed by atoms with Gasteiger partial charge in [0.1, 0.15) is 24.7 Å². The molecule has 2 atom stereocenters. The third kappa shape index (κ3) is 3.33. The second-order valence-electron chi connectivity index (χ2n) is 7.07. The number of imidazole rings is 1. The van der Waals surface area contributed by atoms with Crippen LogP contribution in [0.25, 0.3) is 11.0 Å². The molecular weight excluding hydrogens is 337 g/mol. The van der Waals surface area contributed by atoms with Gasteiger partial charge in [-0.15, -0.1) is 0 Å². The second-order valence-corrected chi connectivity index (χ2v) is 7.07. The number of aromatic nitrogens is 2. The summed E-state index contributed by atoms with van der Waals surface area (Å²) in [5, 5.41) is 0. The summed E-state index contributed by atoms with van der Waals surface area (Å²) in [6.45, 7) is 1.87. The molecule has 2 unspecified atom stereocenters. The van der Waals surface area contributed by atoms with Crippen LogP contribution in [-0.4, -0.2) is 58.9 Å². The van der Waals surface area contributed by atoms with Crippen LogP contribution in [0.4, 0.5) is 4.39 Å². The van der Waals surface area contributed by atoms with Crippen LogP contribution >= 0.6 is 0 Å². The summed E-state index contributed by atoms with van der Waals surface area (Å²) in [5.74, 6) is 0.743. The number of para-hydroxylation sites is 2. The van der Waals surface area contributed by atoms with E-state index >= 15 is 0 Å². The molecule has 1 aromatic carbocycles. The van der Waals surface area contributed by atoms with Crippen molar-refractivity contribution in [3.05, 3.63) is 30.1 Å². The van der Waals surface area contributed by atoms with Crippen molar-refractivity contribution >= 4 is 16.9 Å². The van der Waals surface area contributed by atoms with E-state index in [1.54, 1.807) is 4.90 Å². The minimum atomic E-state index is -1.16. The van der Waals surface area contributed by atoms with Crippen LogP contribution in [0, 0.1) is 5.92 Å². The average molecular weight is 361 g/mol. The fourth-order valence-electron chi connectivity index (χ4n) is 3.78. The largest absolute Gasteiger partial charge is 0.381 e. The molecule has 4 rings (SSSR count). The maximum Gasteiger partial charge on any atom is 0.226 e. The number of hydrogen-bond donors (Lipinski definition) is 0. The van der Waals surface area contributed by atoms with E-state index in [0.29, 0.717) is 19.8 Å². The van der Waals surface area contributed by atoms with Crippen molar-refractivity contribution < 1.29 is 18.7 Å². The summed E-state index contributed by atoms with van der Waals surface area (Å²) in [6, 6.07) is 7.84. The molecular formula is C19H24FN3O3. The lowest BCUT2D eigenvalue weighted by Crippen LogP contribution is -2.37. The zero-order valence-corrected chi connectivity index (χ0v) is 14.9. The van der Waals surface area contributed by atoms with Crippen molar-refractivity contribution in [1.82, 2.24) is 14.5 Å². The van der Waals surface area contributed by atoms with Gasteiger partial charge >= 0.3 is 0 Å². The van der Waals surface area contributed by atoms with Crippen LogP contribution in [-0.2, 0) is 27.9 Å². The van der Waals surface area contributed by atoms with Gasteiger partial charge in [-0.3, -0.25) is 4.79 Å². The van der Waals surface area contributed by atoms with Crippen LogP contribution in [0.2, 0.25) is 0 Å². The third-order valence-electron chi connectivity index (χ3n) is 5.39. The quantitative estimate of drug-likeness (QED) is 0.837. The van der Waals surface area contributed by atoms with E-state index in [1.165, 1.54) is 0 Å². The SMILES string of the molecule is Cn1c(COC2CN(C(=O)C3CCOCC3)CC2F)nc2ccccc21. The Balaban J connectivity index is 1.37. The van der Waals surface area contributed by atoms with Crippen molar-refractivity contribution in [2.24, 2.45) is 13.0 Å². The third-order valence-corrected chi connectivity index (χ3v) is 5.39. The van der Waals surface area contributed by atoms with Crippen molar-refractivity contribution in [3.63, 3.8) is 0 Å². The lowest BCUT2D eigenvalue weighted by atomic mass is 9.99. The summed E-state index contributed by atoms with van der Waals surface area (Å²) in [5.41, 5.74) is 1.92. The first-order chi connectivity index (χ1) is 12.6. The fourth-order valence-corrected chi connectivity index (χ4v) is 3.78. The van der Waals surface area contributed by atoms with E-state index in [4.69, 9.17) is 9.47 Å². The van der Waals surface area contributed by atoms with Crippen LogP contribution in [0.3, 0.4) is 0 Å². The first-order valence-corrected chi connectivity index (χ1v) is 9.16. The summed E-state index contributed by atoms with van der Waals surface area (Å²) >= 11 is 0. The molecule has 0 saturated carbocycles. The Morgan fingerprint density at radius 2 is 2.08 bits per heavy atom. The van der Waals surface area contributed by atoms with E-state index in [0.717, 1.165) is 29.7 Å². The van der Waals surface area contributed by atoms with Gasteiger partial charge in [-0.1, -0.05) is 12.1 Å². The monoisotopic (exact) mass is 361 g/mol. The van der Waals surface area contributed by atoms with Crippen LogP contribution < -0.4 is 0 Å². The molecule has 2 saturated heterocycles. The zero-order valence-electron chi connectivity index (χ0n) is 14.9. The molecule has 2 fully saturated rings. The summed E-state index contributed by atoms with van der Waals surface area (Å²) in [7, 11) is 1.93. The van der Waals surface area contributed by atoms with Crippen LogP contribution in [0.15, 0.2) is 24.3 Å². The minimum Gasteiger partial charge on any atom is -0.381 e. The lowest BCUT2D eigenvalue weighted by molar-refractivity contribution is -0.138. The Kier molecular flexibility index (Phi) is 4.91. The minimum absolute atomic E-state index is 0.0322. The number of rotatable bonds is 4. The maximum atomic E-state index is 14.4. The van der Waals surface area contributed by atoms with E-state index in [9.17, 15) is 9.18 Å². The van der Waals surface area contributed by atoms with Gasteiger partial charge in [0.05, 0.1) is 17.6 Å². The molecule has 2 aromatic rings. The molecule has 26 heavy (non-hydrogen) atoms. The Bertz CT molecular complexity index is 787. The summed E-state index contributed by atoms with van der Waals surface area (Å²) < 4.78 is 27.5. The van der Waals surface area contributed by atoms with Crippen LogP contribution in [0.1, 0.15) is 18.7 Å². The lowest BCUT2D eigenvalue weighted by Gasteiger charge is -2.26. The van der Waals surface area contributed by atoms with Gasteiger partial charge in [-0.2, -0.15) is 0 Å². The highest BCUT2D eigenvalue weighted by Crippen LogP contribution is 2.24. The maximum absolute atomic E-state index is 14.4. The molecule has 0 bridgehead atoms. The smallest absolute Gasteiger partial charge is 0.226 e. The number of aryl methyl sites for hydroxylation is 1. The molecule has 0 spiro atoms. The molecule has 1 amide bonds. The Morgan fingerprint density at radius 3 is 2.85 bits per heavy atom. The summed E-state index contributed by atoms with van der Waals surface area (Å²) in [4.78, 5) is 18.7. The van der Waals surface area contributed by atoms with Gasteiger partial charge in [-0.05, 0) is 25.0 Å². The predicted octanol–water partition coefficient (Wildman–Crippen LogP) is 2.07. The van der Waals surface area contributed by atoms with Gasteiger partial charge in [-0.25, -0.2) is 9.37 Å². The van der Waals surface area contributed by atoms with Gasteiger partial charge in [0, 0.05) is 32.7 Å². The number of hydrogen-bond acceptors (Lipinski definition) is 4. The number of likely N-dealkylation sites (tertiary alicyclic amines) is 1. The standard InChI is InChI=1S/C19H24FN3O3/c1-22-16-5-3-2-4-15(16)21-18(22)12-26-17-11-23(10-14(17)20)19(24)13-6-8-25-9-7-13/h2-5,13-14,17H,6-12H2,1H3. The number of carbonyl (C=O) groups is 1. The molecule has 3 heterocycles. The molecule has 6 nitrogen and oxygen atoms in total. The number of halogens is 1. The number of fused-ring (bicyclic) bond motifs is 1. The molecule has 1 aromatic heterocycles. The number of amides is 1. The molecule has 0 N–H and O–H groups in total. The van der Waals surface area contributed by atoms with Gasteiger partial charge < -0.3 is 18.9 Å². The Hall–Kier alpha value is -1.99. The first-order valence-electron chi connectivity index (χ1n) is 9.16. The normalized spacial score (nSPS) is 24.5. The van der Waals surface area contributed by atoms with Gasteiger partial charge in [0.2, 0.25) is 5.91 Å². The molecule has 2 aliphatic heterocycles. The number of benzene rings is 1. The van der Waals surface area contributed by atoms with E-state index in [1.807, 2.05) is 35.9 Å². The molecule has 2 aliphatic rings. The van der Waals surface area contributed by atoms with Crippen molar-refractivity contribution in [1.29, 1.82) is 0 Å². The average Bonchev–Trinajstić information content (AvgIpc) is 3.20. The molecule has 140 valence electrons. The first kappa shape index (κ1) is 17.4. The van der Waals surface area contributed by atoms with Gasteiger partial charge in [0.15, 0.2) is 0 Å². The predicted molar refractivity (Wildman–Crippen MR) is 94.3 cm³/mol. The number of carbonyl (C=O) groups excluding carboxylic acids is 1. The Labute approximate surface area is 151 Å². The second kappa shape index (κ2) is 7.32. The highest BCUT2D eigenvalue weighted by Gasteiger charge is 2.38. The van der Waals surface area contributed by atoms with E-state index < -0.39 is 12.3 Å². The number of ether oxygens (including phenoxy) is 2. The van der Waals surface area contributed by atoms with Crippen molar-refractivity contribution in [2.45, 2.75) is 31.7 Å². The van der Waals surface area contributed by atoms with E-state index in [2.05, 4.69) is 4.98 Å². The topological polar surface area (TPSA) is 56.6 Å².